The SMILES string of the molecule is O=C(O)c1ccc(-c2nccc3occc23)cc1F. The molecule has 0 amide bonds. The standard InChI is InChI=1S/C14H8FNO3/c15-11-7-8(1-2-9(11)14(17)18)13-10-4-6-19-12(10)3-5-16-13/h1-7H,(H,17,18). The van der Waals surface area contributed by atoms with Crippen molar-refractivity contribution in [1.82, 2.24) is 4.98 Å². The third-order valence-electron chi connectivity index (χ3n) is 2.85. The minimum Gasteiger partial charge on any atom is -0.478 e. The van der Waals surface area contributed by atoms with Crippen LogP contribution in [0.25, 0.3) is 22.2 Å². The third-order valence-corrected chi connectivity index (χ3v) is 2.85. The van der Waals surface area contributed by atoms with E-state index in [2.05, 4.69) is 4.98 Å². The fourth-order valence-electron chi connectivity index (χ4n) is 1.96. The van der Waals surface area contributed by atoms with Gasteiger partial charge >= 0.3 is 5.97 Å². The highest BCUT2D eigenvalue weighted by molar-refractivity contribution is 5.93. The Balaban J connectivity index is 2.19. The van der Waals surface area contributed by atoms with Crippen LogP contribution in [-0.2, 0) is 0 Å². The Bertz CT molecular complexity index is 779. The number of halogens is 1. The predicted molar refractivity (Wildman–Crippen MR) is 66.4 cm³/mol. The molecule has 3 aromatic rings. The van der Waals surface area contributed by atoms with Crippen molar-refractivity contribution in [3.05, 3.63) is 54.2 Å². The molecule has 0 saturated heterocycles. The molecule has 1 N–H and O–H groups in total. The molecule has 0 aliphatic heterocycles. The first kappa shape index (κ1) is 11.4. The van der Waals surface area contributed by atoms with Gasteiger partial charge in [0, 0.05) is 17.1 Å². The van der Waals surface area contributed by atoms with Crippen molar-refractivity contribution in [3.8, 4) is 11.3 Å². The van der Waals surface area contributed by atoms with Crippen LogP contribution in [0.2, 0.25) is 0 Å². The maximum Gasteiger partial charge on any atom is 0.338 e. The van der Waals surface area contributed by atoms with Crippen LogP contribution in [0.5, 0.6) is 0 Å². The van der Waals surface area contributed by atoms with Crippen LogP contribution in [0, 0.1) is 5.82 Å². The van der Waals surface area contributed by atoms with E-state index < -0.39 is 11.8 Å². The van der Waals surface area contributed by atoms with E-state index in [4.69, 9.17) is 9.52 Å². The summed E-state index contributed by atoms with van der Waals surface area (Å²) in [4.78, 5) is 15.0. The van der Waals surface area contributed by atoms with E-state index in [9.17, 15) is 9.18 Å². The van der Waals surface area contributed by atoms with Gasteiger partial charge in [-0.25, -0.2) is 9.18 Å². The van der Waals surface area contributed by atoms with E-state index in [1.54, 1.807) is 18.3 Å². The van der Waals surface area contributed by atoms with Crippen LogP contribution in [-0.4, -0.2) is 16.1 Å². The molecule has 0 fully saturated rings. The maximum absolute atomic E-state index is 13.7. The van der Waals surface area contributed by atoms with Gasteiger partial charge in [0.25, 0.3) is 0 Å². The number of benzene rings is 1. The van der Waals surface area contributed by atoms with E-state index in [1.165, 1.54) is 18.4 Å². The van der Waals surface area contributed by atoms with Gasteiger partial charge in [0.1, 0.15) is 11.4 Å². The van der Waals surface area contributed by atoms with Crippen molar-refractivity contribution in [1.29, 1.82) is 0 Å². The fourth-order valence-corrected chi connectivity index (χ4v) is 1.96. The van der Waals surface area contributed by atoms with Gasteiger partial charge in [-0.05, 0) is 24.3 Å². The van der Waals surface area contributed by atoms with Gasteiger partial charge in [0.2, 0.25) is 0 Å². The lowest BCUT2D eigenvalue weighted by Crippen LogP contribution is -2.00. The van der Waals surface area contributed by atoms with Crippen LogP contribution in [0.1, 0.15) is 10.4 Å². The number of aromatic nitrogens is 1. The Morgan fingerprint density at radius 1 is 1.26 bits per heavy atom. The quantitative estimate of drug-likeness (QED) is 0.764. The minimum atomic E-state index is -1.29. The predicted octanol–water partition coefficient (Wildman–Crippen LogP) is 3.33. The average molecular weight is 257 g/mol. The van der Waals surface area contributed by atoms with Crippen LogP contribution in [0.4, 0.5) is 4.39 Å². The topological polar surface area (TPSA) is 63.3 Å². The molecular formula is C14H8FNO3. The fraction of sp³-hybridized carbons (Fsp3) is 0. The second-order valence-corrected chi connectivity index (χ2v) is 3.99. The van der Waals surface area contributed by atoms with Gasteiger partial charge in [-0.2, -0.15) is 0 Å². The van der Waals surface area contributed by atoms with Crippen LogP contribution < -0.4 is 0 Å². The van der Waals surface area contributed by atoms with Crippen LogP contribution in [0.15, 0.2) is 47.2 Å². The molecule has 94 valence electrons. The Morgan fingerprint density at radius 3 is 2.84 bits per heavy atom. The number of furan rings is 1. The first-order valence-electron chi connectivity index (χ1n) is 5.52. The molecular weight excluding hydrogens is 249 g/mol. The third kappa shape index (κ3) is 1.85. The summed E-state index contributed by atoms with van der Waals surface area (Å²) >= 11 is 0. The number of hydrogen-bond donors (Lipinski definition) is 1. The highest BCUT2D eigenvalue weighted by Gasteiger charge is 2.13. The smallest absolute Gasteiger partial charge is 0.338 e. The van der Waals surface area contributed by atoms with Crippen LogP contribution >= 0.6 is 0 Å². The zero-order chi connectivity index (χ0) is 13.4. The van der Waals surface area contributed by atoms with Gasteiger partial charge in [0.05, 0.1) is 17.5 Å². The average Bonchev–Trinajstić information content (AvgIpc) is 2.86. The normalized spacial score (nSPS) is 10.8. The molecule has 0 saturated carbocycles. The first-order valence-corrected chi connectivity index (χ1v) is 5.52. The summed E-state index contributed by atoms with van der Waals surface area (Å²) < 4.78 is 18.9. The number of nitrogens with zero attached hydrogens (tertiary/aromatic N) is 1. The lowest BCUT2D eigenvalue weighted by atomic mass is 10.1. The molecule has 3 rings (SSSR count). The molecule has 5 heteroatoms. The number of hydrogen-bond acceptors (Lipinski definition) is 3. The number of carboxylic acid groups (broad SMARTS) is 1. The van der Waals surface area contributed by atoms with Crippen molar-refractivity contribution in [3.63, 3.8) is 0 Å². The zero-order valence-electron chi connectivity index (χ0n) is 9.63. The number of pyridine rings is 1. The van der Waals surface area contributed by atoms with Crippen molar-refractivity contribution >= 4 is 16.9 Å². The van der Waals surface area contributed by atoms with Gasteiger partial charge < -0.3 is 9.52 Å². The molecule has 0 aliphatic carbocycles. The molecule has 19 heavy (non-hydrogen) atoms. The van der Waals surface area contributed by atoms with Gasteiger partial charge in [-0.15, -0.1) is 0 Å². The summed E-state index contributed by atoms with van der Waals surface area (Å²) in [5.74, 6) is -2.08. The number of carboxylic acids is 1. The largest absolute Gasteiger partial charge is 0.478 e. The first-order chi connectivity index (χ1) is 9.16. The number of rotatable bonds is 2. The molecule has 0 radical (unpaired) electrons. The second kappa shape index (κ2) is 4.20. The Morgan fingerprint density at radius 2 is 2.11 bits per heavy atom. The summed E-state index contributed by atoms with van der Waals surface area (Å²) in [5, 5.41) is 9.55. The molecule has 2 heterocycles. The van der Waals surface area contributed by atoms with Gasteiger partial charge in [0.15, 0.2) is 0 Å². The van der Waals surface area contributed by atoms with Crippen molar-refractivity contribution in [2.24, 2.45) is 0 Å². The molecule has 2 aromatic heterocycles. The number of carbonyl (C=O) groups is 1. The molecule has 0 unspecified atom stereocenters. The van der Waals surface area contributed by atoms with Crippen molar-refractivity contribution in [2.45, 2.75) is 0 Å². The lowest BCUT2D eigenvalue weighted by Gasteiger charge is -2.04. The highest BCUT2D eigenvalue weighted by atomic mass is 19.1. The minimum absolute atomic E-state index is 0.358. The lowest BCUT2D eigenvalue weighted by molar-refractivity contribution is 0.0692. The van der Waals surface area contributed by atoms with Crippen molar-refractivity contribution in [2.75, 3.05) is 0 Å². The second-order valence-electron chi connectivity index (χ2n) is 3.99. The zero-order valence-corrected chi connectivity index (χ0v) is 9.63. The molecule has 0 bridgehead atoms. The number of fused-ring (bicyclic) bond motifs is 1. The van der Waals surface area contributed by atoms with E-state index in [-0.39, 0.29) is 5.56 Å². The van der Waals surface area contributed by atoms with Gasteiger partial charge in [-0.1, -0.05) is 6.07 Å². The Kier molecular flexibility index (Phi) is 2.52. The summed E-state index contributed by atoms with van der Waals surface area (Å²) in [5.41, 5.74) is 1.35. The maximum atomic E-state index is 13.7. The Hall–Kier alpha value is -2.69. The van der Waals surface area contributed by atoms with E-state index in [1.807, 2.05) is 0 Å². The number of aromatic carboxylic acids is 1. The van der Waals surface area contributed by atoms with E-state index >= 15 is 0 Å². The molecule has 1 aromatic carbocycles. The molecule has 0 spiro atoms. The van der Waals surface area contributed by atoms with Gasteiger partial charge in [-0.3, -0.25) is 4.98 Å². The molecule has 4 nitrogen and oxygen atoms in total. The molecule has 0 atom stereocenters. The summed E-state index contributed by atoms with van der Waals surface area (Å²) in [6.07, 6.45) is 3.09. The summed E-state index contributed by atoms with van der Waals surface area (Å²) in [7, 11) is 0. The van der Waals surface area contributed by atoms with Crippen molar-refractivity contribution < 1.29 is 18.7 Å². The summed E-state index contributed by atoms with van der Waals surface area (Å²) in [6.45, 7) is 0. The van der Waals surface area contributed by atoms with E-state index in [0.717, 1.165) is 11.5 Å². The highest BCUT2D eigenvalue weighted by Crippen LogP contribution is 2.28. The summed E-state index contributed by atoms with van der Waals surface area (Å²) in [6, 6.07) is 7.37. The monoisotopic (exact) mass is 257 g/mol. The van der Waals surface area contributed by atoms with Crippen LogP contribution in [0.3, 0.4) is 0 Å². The van der Waals surface area contributed by atoms with E-state index in [0.29, 0.717) is 16.8 Å². The Labute approximate surface area is 107 Å². The molecule has 0 aliphatic rings.